The number of anilines is 1. The Balaban J connectivity index is 2.54. The summed E-state index contributed by atoms with van der Waals surface area (Å²) in [6.07, 6.45) is 1.47. The van der Waals surface area contributed by atoms with Gasteiger partial charge < -0.3 is 10.4 Å². The van der Waals surface area contributed by atoms with Gasteiger partial charge in [0.15, 0.2) is 0 Å². The van der Waals surface area contributed by atoms with Gasteiger partial charge in [0.1, 0.15) is 11.8 Å². The molecule has 0 amide bonds. The van der Waals surface area contributed by atoms with Crippen LogP contribution in [0.4, 0.5) is 5.95 Å². The standard InChI is InChI=1S/C12H16N4O2/c1-8(4-3-5-11(17)18)14-12-15-9(2)6-10(7-13)16-12/h6,8H,3-5H2,1-2H3,(H,17,18)(H,14,15,16). The van der Waals surface area contributed by atoms with E-state index < -0.39 is 5.97 Å². The van der Waals surface area contributed by atoms with E-state index in [1.165, 1.54) is 0 Å². The van der Waals surface area contributed by atoms with Gasteiger partial charge in [0.2, 0.25) is 5.95 Å². The molecule has 1 aromatic rings. The number of carboxylic acids is 1. The van der Waals surface area contributed by atoms with Gasteiger partial charge in [0.25, 0.3) is 0 Å². The van der Waals surface area contributed by atoms with Crippen molar-refractivity contribution in [2.75, 3.05) is 5.32 Å². The number of aryl methyl sites for hydroxylation is 1. The molecular weight excluding hydrogens is 232 g/mol. The second kappa shape index (κ2) is 6.55. The number of nitriles is 1. The summed E-state index contributed by atoms with van der Waals surface area (Å²) >= 11 is 0. The summed E-state index contributed by atoms with van der Waals surface area (Å²) in [6, 6.07) is 3.65. The molecule has 96 valence electrons. The Morgan fingerprint density at radius 2 is 2.33 bits per heavy atom. The fourth-order valence-corrected chi connectivity index (χ4v) is 1.54. The van der Waals surface area contributed by atoms with E-state index in [2.05, 4.69) is 15.3 Å². The Kier molecular flexibility index (Phi) is 5.06. The average Bonchev–Trinajstić information content (AvgIpc) is 2.27. The molecule has 0 radical (unpaired) electrons. The molecule has 0 bridgehead atoms. The van der Waals surface area contributed by atoms with Gasteiger partial charge in [-0.25, -0.2) is 9.97 Å². The molecule has 0 saturated heterocycles. The summed E-state index contributed by atoms with van der Waals surface area (Å²) in [7, 11) is 0. The molecular formula is C12H16N4O2. The predicted octanol–water partition coefficient (Wildman–Crippen LogP) is 1.71. The molecule has 6 heteroatoms. The van der Waals surface area contributed by atoms with Crippen LogP contribution in [0.25, 0.3) is 0 Å². The van der Waals surface area contributed by atoms with E-state index in [0.717, 1.165) is 5.69 Å². The van der Waals surface area contributed by atoms with Crippen molar-refractivity contribution in [1.29, 1.82) is 5.26 Å². The van der Waals surface area contributed by atoms with Crippen LogP contribution in [0.15, 0.2) is 6.07 Å². The zero-order chi connectivity index (χ0) is 13.5. The van der Waals surface area contributed by atoms with Gasteiger partial charge >= 0.3 is 5.97 Å². The summed E-state index contributed by atoms with van der Waals surface area (Å²) in [6.45, 7) is 3.72. The summed E-state index contributed by atoms with van der Waals surface area (Å²) in [5.74, 6) is -0.379. The van der Waals surface area contributed by atoms with Crippen molar-refractivity contribution in [3.63, 3.8) is 0 Å². The van der Waals surface area contributed by atoms with Crippen LogP contribution in [0.2, 0.25) is 0 Å². The lowest BCUT2D eigenvalue weighted by Gasteiger charge is -2.13. The van der Waals surface area contributed by atoms with Crippen LogP contribution >= 0.6 is 0 Å². The van der Waals surface area contributed by atoms with Crippen molar-refractivity contribution in [2.45, 2.75) is 39.2 Å². The summed E-state index contributed by atoms with van der Waals surface area (Å²) in [5.41, 5.74) is 1.05. The number of aromatic nitrogens is 2. The molecule has 1 rings (SSSR count). The van der Waals surface area contributed by atoms with Crippen LogP contribution < -0.4 is 5.32 Å². The maximum atomic E-state index is 10.4. The van der Waals surface area contributed by atoms with Gasteiger partial charge in [-0.15, -0.1) is 0 Å². The number of nitrogens with one attached hydrogen (secondary N) is 1. The molecule has 6 nitrogen and oxygen atoms in total. The number of hydrogen-bond acceptors (Lipinski definition) is 5. The minimum absolute atomic E-state index is 0.0673. The second-order valence-electron chi connectivity index (χ2n) is 4.16. The topological polar surface area (TPSA) is 98.9 Å². The molecule has 0 aliphatic heterocycles. The fourth-order valence-electron chi connectivity index (χ4n) is 1.54. The van der Waals surface area contributed by atoms with Crippen molar-refractivity contribution < 1.29 is 9.90 Å². The van der Waals surface area contributed by atoms with Crippen LogP contribution in [0.1, 0.15) is 37.6 Å². The monoisotopic (exact) mass is 248 g/mol. The zero-order valence-corrected chi connectivity index (χ0v) is 10.5. The van der Waals surface area contributed by atoms with E-state index in [1.807, 2.05) is 13.0 Å². The molecule has 0 saturated carbocycles. The van der Waals surface area contributed by atoms with E-state index in [9.17, 15) is 4.79 Å². The number of carbonyl (C=O) groups is 1. The smallest absolute Gasteiger partial charge is 0.303 e. The Morgan fingerprint density at radius 3 is 2.94 bits per heavy atom. The number of nitrogens with zero attached hydrogens (tertiary/aromatic N) is 3. The highest BCUT2D eigenvalue weighted by molar-refractivity contribution is 5.66. The third-order valence-electron chi connectivity index (χ3n) is 2.37. The van der Waals surface area contributed by atoms with Crippen molar-refractivity contribution in [1.82, 2.24) is 9.97 Å². The molecule has 0 spiro atoms. The first-order valence-corrected chi connectivity index (χ1v) is 5.75. The van der Waals surface area contributed by atoms with Gasteiger partial charge in [-0.2, -0.15) is 5.26 Å². The molecule has 0 aliphatic rings. The van der Waals surface area contributed by atoms with E-state index in [0.29, 0.717) is 24.5 Å². The molecule has 0 aromatic carbocycles. The lowest BCUT2D eigenvalue weighted by Crippen LogP contribution is -2.18. The lowest BCUT2D eigenvalue weighted by atomic mass is 10.1. The minimum Gasteiger partial charge on any atom is -0.481 e. The predicted molar refractivity (Wildman–Crippen MR) is 66.1 cm³/mol. The highest BCUT2D eigenvalue weighted by Crippen LogP contribution is 2.09. The first-order valence-electron chi connectivity index (χ1n) is 5.75. The Morgan fingerprint density at radius 1 is 1.61 bits per heavy atom. The summed E-state index contributed by atoms with van der Waals surface area (Å²) in [4.78, 5) is 18.6. The van der Waals surface area contributed by atoms with Crippen LogP contribution in [0.5, 0.6) is 0 Å². The van der Waals surface area contributed by atoms with Gasteiger partial charge in [0, 0.05) is 18.2 Å². The Labute approximate surface area is 106 Å². The first kappa shape index (κ1) is 13.9. The van der Waals surface area contributed by atoms with Crippen LogP contribution in [-0.2, 0) is 4.79 Å². The SMILES string of the molecule is Cc1cc(C#N)nc(NC(C)CCCC(=O)O)n1. The molecule has 0 fully saturated rings. The van der Waals surface area contributed by atoms with E-state index in [4.69, 9.17) is 10.4 Å². The van der Waals surface area contributed by atoms with Crippen molar-refractivity contribution >= 4 is 11.9 Å². The molecule has 1 heterocycles. The van der Waals surface area contributed by atoms with Crippen LogP contribution in [0.3, 0.4) is 0 Å². The van der Waals surface area contributed by atoms with Gasteiger partial charge in [-0.3, -0.25) is 4.79 Å². The largest absolute Gasteiger partial charge is 0.481 e. The maximum absolute atomic E-state index is 10.4. The lowest BCUT2D eigenvalue weighted by molar-refractivity contribution is -0.137. The maximum Gasteiger partial charge on any atom is 0.303 e. The normalized spacial score (nSPS) is 11.6. The molecule has 0 aliphatic carbocycles. The fraction of sp³-hybridized carbons (Fsp3) is 0.500. The highest BCUT2D eigenvalue weighted by atomic mass is 16.4. The minimum atomic E-state index is -0.791. The summed E-state index contributed by atoms with van der Waals surface area (Å²) < 4.78 is 0. The van der Waals surface area contributed by atoms with Crippen LogP contribution in [-0.4, -0.2) is 27.1 Å². The third-order valence-corrected chi connectivity index (χ3v) is 2.37. The Hall–Kier alpha value is -2.16. The Bertz CT molecular complexity index is 468. The van der Waals surface area contributed by atoms with Crippen molar-refractivity contribution in [3.8, 4) is 6.07 Å². The quantitative estimate of drug-likeness (QED) is 0.795. The van der Waals surface area contributed by atoms with Gasteiger partial charge in [-0.05, 0) is 32.8 Å². The summed E-state index contributed by atoms with van der Waals surface area (Å²) in [5, 5.41) is 20.4. The van der Waals surface area contributed by atoms with E-state index >= 15 is 0 Å². The zero-order valence-electron chi connectivity index (χ0n) is 10.5. The second-order valence-corrected chi connectivity index (χ2v) is 4.16. The molecule has 2 N–H and O–H groups in total. The number of carboxylic acid groups (broad SMARTS) is 1. The van der Waals surface area contributed by atoms with E-state index in [1.54, 1.807) is 13.0 Å². The first-order chi connectivity index (χ1) is 8.51. The number of rotatable bonds is 6. The molecule has 1 atom stereocenters. The highest BCUT2D eigenvalue weighted by Gasteiger charge is 2.07. The van der Waals surface area contributed by atoms with Gasteiger partial charge in [0.05, 0.1) is 0 Å². The molecule has 1 aromatic heterocycles. The van der Waals surface area contributed by atoms with Crippen molar-refractivity contribution in [2.24, 2.45) is 0 Å². The molecule has 1 unspecified atom stereocenters. The van der Waals surface area contributed by atoms with Gasteiger partial charge in [-0.1, -0.05) is 0 Å². The number of hydrogen-bond donors (Lipinski definition) is 2. The molecule has 18 heavy (non-hydrogen) atoms. The average molecular weight is 248 g/mol. The van der Waals surface area contributed by atoms with Crippen molar-refractivity contribution in [3.05, 3.63) is 17.5 Å². The van der Waals surface area contributed by atoms with Crippen LogP contribution in [0, 0.1) is 18.3 Å². The number of aliphatic carboxylic acids is 1. The third kappa shape index (κ3) is 4.78. The van der Waals surface area contributed by atoms with E-state index in [-0.39, 0.29) is 12.5 Å².